The van der Waals surface area contributed by atoms with Crippen molar-refractivity contribution in [1.29, 1.82) is 5.41 Å². The third kappa shape index (κ3) is 3.34. The van der Waals surface area contributed by atoms with Gasteiger partial charge in [0.2, 0.25) is 0 Å². The quantitative estimate of drug-likeness (QED) is 0.338. The highest BCUT2D eigenvalue weighted by Gasteiger charge is 2.06. The van der Waals surface area contributed by atoms with Gasteiger partial charge in [0.05, 0.1) is 0 Å². The largest absolute Gasteiger partial charge is 0.505 e. The van der Waals surface area contributed by atoms with Crippen molar-refractivity contribution < 1.29 is 14.2 Å². The van der Waals surface area contributed by atoms with Crippen LogP contribution in [0, 0.1) is 11.2 Å². The van der Waals surface area contributed by atoms with Gasteiger partial charge in [-0.2, -0.15) is 0 Å². The molecule has 0 aliphatic carbocycles. The van der Waals surface area contributed by atoms with Gasteiger partial charge in [0.25, 0.3) is 0 Å². The first-order valence-electron chi connectivity index (χ1n) is 4.25. The second kappa shape index (κ2) is 4.50. The lowest BCUT2D eigenvalue weighted by Gasteiger charge is -2.15. The van der Waals surface area contributed by atoms with E-state index in [9.17, 15) is 4.39 Å². The Kier molecular flexibility index (Phi) is 3.33. The van der Waals surface area contributed by atoms with E-state index in [1.807, 2.05) is 0 Å². The lowest BCUT2D eigenvalue weighted by molar-refractivity contribution is 0.205. The third-order valence-corrected chi connectivity index (χ3v) is 1.59. The second-order valence-corrected chi connectivity index (χ2v) is 2.93. The van der Waals surface area contributed by atoms with E-state index in [0.29, 0.717) is 0 Å². The van der Waals surface area contributed by atoms with Gasteiger partial charge in [0, 0.05) is 6.07 Å². The van der Waals surface area contributed by atoms with Crippen LogP contribution in [0.25, 0.3) is 0 Å². The van der Waals surface area contributed by atoms with Crippen LogP contribution in [0.2, 0.25) is 0 Å². The van der Waals surface area contributed by atoms with Crippen molar-refractivity contribution in [2.45, 2.75) is 13.2 Å². The van der Waals surface area contributed by atoms with E-state index in [1.165, 1.54) is 12.1 Å². The Hall–Kier alpha value is -1.98. The van der Waals surface area contributed by atoms with Crippen LogP contribution in [0.15, 0.2) is 18.2 Å². The van der Waals surface area contributed by atoms with E-state index < -0.39 is 17.8 Å². The maximum Gasteiger partial charge on any atom is 0.188 e. The van der Waals surface area contributed by atoms with Crippen LogP contribution in [0.1, 0.15) is 6.92 Å². The van der Waals surface area contributed by atoms with Gasteiger partial charge in [-0.25, -0.2) is 4.39 Å². The number of phenols is 1. The molecule has 1 aromatic carbocycles. The molecule has 5 nitrogen and oxygen atoms in total. The van der Waals surface area contributed by atoms with Gasteiger partial charge in [-0.1, -0.05) is 0 Å². The molecule has 0 saturated carbocycles. The standard InChI is InChI=1S/C9H12FN3O2/c1-5(13-9(11)12)15-6-2-3-8(14)7(10)4-6/h2-5,14H,1H3,(H4,11,12,13). The molecule has 0 heterocycles. The molecule has 0 radical (unpaired) electrons. The van der Waals surface area contributed by atoms with Gasteiger partial charge >= 0.3 is 0 Å². The summed E-state index contributed by atoms with van der Waals surface area (Å²) >= 11 is 0. The first kappa shape index (κ1) is 11.1. The van der Waals surface area contributed by atoms with Crippen molar-refractivity contribution in [2.24, 2.45) is 5.73 Å². The molecule has 0 saturated heterocycles. The van der Waals surface area contributed by atoms with Crippen LogP contribution in [0.3, 0.4) is 0 Å². The molecule has 1 aromatic rings. The molecule has 0 bridgehead atoms. The number of hydrogen-bond donors (Lipinski definition) is 4. The molecule has 1 atom stereocenters. The predicted octanol–water partition coefficient (Wildman–Crippen LogP) is 0.739. The van der Waals surface area contributed by atoms with Crippen molar-refractivity contribution in [3.05, 3.63) is 24.0 Å². The summed E-state index contributed by atoms with van der Waals surface area (Å²) in [7, 11) is 0. The second-order valence-electron chi connectivity index (χ2n) is 2.93. The number of aromatic hydroxyl groups is 1. The summed E-state index contributed by atoms with van der Waals surface area (Å²) in [5.74, 6) is -1.19. The summed E-state index contributed by atoms with van der Waals surface area (Å²) in [4.78, 5) is 0. The van der Waals surface area contributed by atoms with Crippen LogP contribution in [-0.2, 0) is 0 Å². The zero-order valence-electron chi connectivity index (χ0n) is 8.12. The van der Waals surface area contributed by atoms with Crippen LogP contribution >= 0.6 is 0 Å². The zero-order valence-corrected chi connectivity index (χ0v) is 8.12. The molecule has 0 aromatic heterocycles. The molecule has 0 aliphatic rings. The predicted molar refractivity (Wildman–Crippen MR) is 53.2 cm³/mol. The SMILES string of the molecule is CC(NC(=N)N)Oc1ccc(O)c(F)c1. The summed E-state index contributed by atoms with van der Waals surface area (Å²) < 4.78 is 18.1. The zero-order chi connectivity index (χ0) is 11.4. The molecule has 0 spiro atoms. The van der Waals surface area contributed by atoms with Gasteiger partial charge in [-0.3, -0.25) is 5.41 Å². The molecule has 0 fully saturated rings. The van der Waals surface area contributed by atoms with Crippen LogP contribution in [-0.4, -0.2) is 17.3 Å². The van der Waals surface area contributed by atoms with Crippen LogP contribution in [0.5, 0.6) is 11.5 Å². The minimum Gasteiger partial charge on any atom is -0.505 e. The molecule has 6 heteroatoms. The summed E-state index contributed by atoms with van der Waals surface area (Å²) in [6.45, 7) is 1.62. The molecule has 1 rings (SSSR count). The molecular weight excluding hydrogens is 201 g/mol. The number of halogens is 1. The fraction of sp³-hybridized carbons (Fsp3) is 0.222. The van der Waals surface area contributed by atoms with Gasteiger partial charge in [0.1, 0.15) is 5.75 Å². The summed E-state index contributed by atoms with van der Waals surface area (Å²) in [5, 5.41) is 18.3. The van der Waals surface area contributed by atoms with Gasteiger partial charge in [-0.05, 0) is 19.1 Å². The topological polar surface area (TPSA) is 91.4 Å². The number of ether oxygens (including phenoxy) is 1. The summed E-state index contributed by atoms with van der Waals surface area (Å²) in [6, 6.07) is 3.65. The highest BCUT2D eigenvalue weighted by Crippen LogP contribution is 2.21. The maximum absolute atomic E-state index is 12.9. The highest BCUT2D eigenvalue weighted by atomic mass is 19.1. The van der Waals surface area contributed by atoms with Crippen molar-refractivity contribution in [1.82, 2.24) is 5.32 Å². The first-order valence-corrected chi connectivity index (χ1v) is 4.25. The third-order valence-electron chi connectivity index (χ3n) is 1.59. The van der Waals surface area contributed by atoms with E-state index in [2.05, 4.69) is 5.32 Å². The summed E-state index contributed by atoms with van der Waals surface area (Å²) in [5.41, 5.74) is 5.08. The van der Waals surface area contributed by atoms with Crippen LogP contribution in [0.4, 0.5) is 4.39 Å². The average Bonchev–Trinajstić information content (AvgIpc) is 2.10. The highest BCUT2D eigenvalue weighted by molar-refractivity contribution is 5.74. The lowest BCUT2D eigenvalue weighted by Crippen LogP contribution is -2.40. The fourth-order valence-corrected chi connectivity index (χ4v) is 1.01. The van der Waals surface area contributed by atoms with Crippen molar-refractivity contribution in [2.75, 3.05) is 0 Å². The Morgan fingerprint density at radius 3 is 2.87 bits per heavy atom. The number of nitrogens with two attached hydrogens (primary N) is 1. The van der Waals surface area contributed by atoms with Crippen LogP contribution < -0.4 is 15.8 Å². The van der Waals surface area contributed by atoms with Crippen molar-refractivity contribution >= 4 is 5.96 Å². The Labute approximate surface area is 86.2 Å². The molecule has 5 N–H and O–H groups in total. The smallest absolute Gasteiger partial charge is 0.188 e. The van der Waals surface area contributed by atoms with Crippen molar-refractivity contribution in [3.63, 3.8) is 0 Å². The molecule has 15 heavy (non-hydrogen) atoms. The number of phenolic OH excluding ortho intramolecular Hbond substituents is 1. The molecule has 0 aliphatic heterocycles. The Balaban J connectivity index is 2.64. The first-order chi connectivity index (χ1) is 6.99. The number of nitrogens with one attached hydrogen (secondary N) is 2. The minimum atomic E-state index is -0.762. The average molecular weight is 213 g/mol. The Bertz CT molecular complexity index is 370. The number of benzene rings is 1. The van der Waals surface area contributed by atoms with E-state index in [1.54, 1.807) is 6.92 Å². The normalized spacial score (nSPS) is 11.9. The fourth-order valence-electron chi connectivity index (χ4n) is 1.01. The molecular formula is C9H12FN3O2. The van der Waals surface area contributed by atoms with Gasteiger partial charge < -0.3 is 20.9 Å². The lowest BCUT2D eigenvalue weighted by atomic mass is 10.3. The monoisotopic (exact) mass is 213 g/mol. The maximum atomic E-state index is 12.9. The molecule has 82 valence electrons. The Morgan fingerprint density at radius 1 is 1.67 bits per heavy atom. The number of rotatable bonds is 3. The molecule has 1 unspecified atom stereocenters. The molecule has 0 amide bonds. The van der Waals surface area contributed by atoms with E-state index in [4.69, 9.17) is 21.0 Å². The van der Waals surface area contributed by atoms with Crippen molar-refractivity contribution in [3.8, 4) is 11.5 Å². The summed E-state index contributed by atoms with van der Waals surface area (Å²) in [6.07, 6.45) is -0.550. The van der Waals surface area contributed by atoms with E-state index in [0.717, 1.165) is 6.07 Å². The van der Waals surface area contributed by atoms with E-state index in [-0.39, 0.29) is 11.7 Å². The number of hydrogen-bond acceptors (Lipinski definition) is 3. The van der Waals surface area contributed by atoms with E-state index >= 15 is 0 Å². The van der Waals surface area contributed by atoms with Gasteiger partial charge in [-0.15, -0.1) is 0 Å². The Morgan fingerprint density at radius 2 is 2.33 bits per heavy atom. The van der Waals surface area contributed by atoms with Gasteiger partial charge in [0.15, 0.2) is 23.8 Å². The minimum absolute atomic E-state index is 0.234. The number of guanidine groups is 1.